The van der Waals surface area contributed by atoms with E-state index in [9.17, 15) is 19.8 Å². The van der Waals surface area contributed by atoms with E-state index < -0.39 is 23.3 Å². The van der Waals surface area contributed by atoms with E-state index >= 15 is 0 Å². The molecule has 1 aliphatic carbocycles. The molecule has 3 N–H and O–H groups in total. The van der Waals surface area contributed by atoms with Gasteiger partial charge in [-0.25, -0.2) is 4.98 Å². The molecule has 4 aromatic rings. The van der Waals surface area contributed by atoms with Gasteiger partial charge in [-0.2, -0.15) is 0 Å². The predicted molar refractivity (Wildman–Crippen MR) is 114 cm³/mol. The lowest BCUT2D eigenvalue weighted by Gasteiger charge is -2.15. The Hall–Kier alpha value is -4.53. The number of benzene rings is 2. The first-order valence-electron chi connectivity index (χ1n) is 10.3. The van der Waals surface area contributed by atoms with Crippen LogP contribution in [0.3, 0.4) is 0 Å². The van der Waals surface area contributed by atoms with Crippen LogP contribution in [-0.2, 0) is 13.0 Å². The minimum Gasteiger partial charge on any atom is -0.494 e. The maximum atomic E-state index is 13.4. The Balaban J connectivity index is 1.50. The van der Waals surface area contributed by atoms with Gasteiger partial charge in [-0.1, -0.05) is 36.4 Å². The van der Waals surface area contributed by atoms with E-state index in [-0.39, 0.29) is 29.3 Å². The van der Waals surface area contributed by atoms with Gasteiger partial charge in [-0.05, 0) is 23.3 Å². The van der Waals surface area contributed by atoms with Gasteiger partial charge in [0.1, 0.15) is 28.3 Å². The number of hydrogen-bond donors (Lipinski definition) is 3. The zero-order valence-electron chi connectivity index (χ0n) is 17.2. The first-order valence-corrected chi connectivity index (χ1v) is 10.3. The number of nitrogens with zero attached hydrogens (tertiary/aromatic N) is 2. The summed E-state index contributed by atoms with van der Waals surface area (Å²) in [6, 6.07) is 15.0. The van der Waals surface area contributed by atoms with E-state index in [0.717, 1.165) is 11.1 Å². The molecule has 0 saturated carbocycles. The first kappa shape index (κ1) is 19.2. The fraction of sp³-hybridized carbons (Fsp3) is 0.125. The van der Waals surface area contributed by atoms with Crippen molar-refractivity contribution in [2.24, 2.45) is 0 Å². The fourth-order valence-corrected chi connectivity index (χ4v) is 4.35. The monoisotopic (exact) mass is 443 g/mol. The zero-order chi connectivity index (χ0) is 22.7. The Morgan fingerprint density at radius 1 is 0.909 bits per heavy atom. The summed E-state index contributed by atoms with van der Waals surface area (Å²) >= 11 is 0. The van der Waals surface area contributed by atoms with Crippen molar-refractivity contribution < 1.29 is 29.3 Å². The van der Waals surface area contributed by atoms with Crippen LogP contribution < -0.4 is 9.47 Å². The quantitative estimate of drug-likeness (QED) is 0.390. The van der Waals surface area contributed by atoms with E-state index in [0.29, 0.717) is 30.3 Å². The molecule has 0 spiro atoms. The summed E-state index contributed by atoms with van der Waals surface area (Å²) in [7, 11) is 0. The topological polar surface area (TPSA) is 127 Å². The molecular weight excluding hydrogens is 426 g/mol. The number of nitrogens with one attached hydrogen (secondary N) is 1. The fourth-order valence-electron chi connectivity index (χ4n) is 4.35. The van der Waals surface area contributed by atoms with Crippen LogP contribution in [0.5, 0.6) is 23.3 Å². The van der Waals surface area contributed by atoms with Crippen LogP contribution in [-0.4, -0.2) is 43.1 Å². The van der Waals surface area contributed by atoms with Crippen LogP contribution in [0.25, 0.3) is 0 Å². The first-order chi connectivity index (χ1) is 16.0. The molecule has 2 aliphatic rings. The van der Waals surface area contributed by atoms with Crippen molar-refractivity contribution in [3.63, 3.8) is 0 Å². The molecule has 9 heteroatoms. The molecule has 0 radical (unpaired) electrons. The number of rotatable bonds is 4. The van der Waals surface area contributed by atoms with Crippen LogP contribution in [0, 0.1) is 0 Å². The third-order valence-electron chi connectivity index (χ3n) is 5.87. The number of carbonyl (C=O) groups excluding carboxylic acids is 2. The van der Waals surface area contributed by atoms with Gasteiger partial charge < -0.3 is 24.3 Å². The molecule has 0 unspecified atom stereocenters. The Morgan fingerprint density at radius 3 is 2.42 bits per heavy atom. The van der Waals surface area contributed by atoms with Gasteiger partial charge in [0.2, 0.25) is 30.1 Å². The molecule has 3 heterocycles. The van der Waals surface area contributed by atoms with Crippen LogP contribution >= 0.6 is 0 Å². The highest BCUT2D eigenvalue weighted by Gasteiger charge is 2.41. The molecule has 9 nitrogen and oxygen atoms in total. The maximum absolute atomic E-state index is 13.4. The lowest BCUT2D eigenvalue weighted by atomic mass is 9.93. The average molecular weight is 443 g/mol. The van der Waals surface area contributed by atoms with E-state index in [1.54, 1.807) is 10.6 Å². The average Bonchev–Trinajstić information content (AvgIpc) is 3.49. The summed E-state index contributed by atoms with van der Waals surface area (Å²) < 4.78 is 12.5. The highest BCUT2D eigenvalue weighted by molar-refractivity contribution is 6.29. The summed E-state index contributed by atoms with van der Waals surface area (Å²) in [5.41, 5.74) is 1.31. The maximum Gasteiger partial charge on any atom is 0.231 e. The number of aromatic amines is 1. The van der Waals surface area contributed by atoms with Crippen molar-refractivity contribution in [1.82, 2.24) is 14.5 Å². The second-order valence-corrected chi connectivity index (χ2v) is 7.89. The number of aromatic nitrogens is 3. The minimum absolute atomic E-state index is 0.0477. The van der Waals surface area contributed by atoms with Gasteiger partial charge in [0.05, 0.1) is 0 Å². The number of ketones is 2. The Bertz CT molecular complexity index is 1450. The number of fused-ring (bicyclic) bond motifs is 3. The number of H-pyrrole nitrogens is 1. The Labute approximate surface area is 186 Å². The molecule has 0 atom stereocenters. The lowest BCUT2D eigenvalue weighted by Crippen LogP contribution is -2.22. The molecular formula is C24H17N3O6. The van der Waals surface area contributed by atoms with Crippen molar-refractivity contribution in [3.8, 4) is 23.3 Å². The summed E-state index contributed by atoms with van der Waals surface area (Å²) in [5.74, 6) is -0.519. The van der Waals surface area contributed by atoms with Crippen molar-refractivity contribution in [2.75, 3.05) is 6.79 Å². The van der Waals surface area contributed by atoms with E-state index in [2.05, 4.69) is 9.97 Å². The van der Waals surface area contributed by atoms with Gasteiger partial charge in [0.15, 0.2) is 11.5 Å². The normalized spacial score (nSPS) is 13.8. The Morgan fingerprint density at radius 2 is 1.64 bits per heavy atom. The van der Waals surface area contributed by atoms with Crippen molar-refractivity contribution >= 4 is 11.6 Å². The van der Waals surface area contributed by atoms with Gasteiger partial charge in [0.25, 0.3) is 0 Å². The zero-order valence-corrected chi connectivity index (χ0v) is 17.2. The molecule has 1 aliphatic heterocycles. The number of carbonyl (C=O) groups is 2. The molecule has 0 fully saturated rings. The predicted octanol–water partition coefficient (Wildman–Crippen LogP) is 2.77. The van der Waals surface area contributed by atoms with Gasteiger partial charge >= 0.3 is 0 Å². The van der Waals surface area contributed by atoms with Crippen molar-refractivity contribution in [1.29, 1.82) is 0 Å². The standard InChI is InChI=1S/C24H17N3O6/c28-21-17-18(24(31)26-23(17)30)22(29)20-19(21)25-16(27(20)10-12-4-2-1-3-5-12)9-13-6-7-14-15(8-13)33-11-32-14/h1-8,26,30-31H,9-11H2. The van der Waals surface area contributed by atoms with Crippen molar-refractivity contribution in [3.05, 3.63) is 88.0 Å². The number of hydrogen-bond acceptors (Lipinski definition) is 7. The van der Waals surface area contributed by atoms with E-state index in [4.69, 9.17) is 9.47 Å². The van der Waals surface area contributed by atoms with Crippen LogP contribution in [0.2, 0.25) is 0 Å². The summed E-state index contributed by atoms with van der Waals surface area (Å²) in [4.78, 5) is 33.3. The molecule has 0 bridgehead atoms. The smallest absolute Gasteiger partial charge is 0.231 e. The van der Waals surface area contributed by atoms with Gasteiger partial charge in [0, 0.05) is 13.0 Å². The number of imidazole rings is 1. The second-order valence-electron chi connectivity index (χ2n) is 7.89. The largest absolute Gasteiger partial charge is 0.494 e. The molecule has 0 amide bonds. The lowest BCUT2D eigenvalue weighted by molar-refractivity contribution is 0.0968. The molecule has 2 aromatic carbocycles. The third-order valence-corrected chi connectivity index (χ3v) is 5.87. The van der Waals surface area contributed by atoms with Gasteiger partial charge in [-0.15, -0.1) is 0 Å². The van der Waals surface area contributed by atoms with Crippen molar-refractivity contribution in [2.45, 2.75) is 13.0 Å². The van der Waals surface area contributed by atoms with Crippen LogP contribution in [0.1, 0.15) is 49.1 Å². The molecule has 2 aromatic heterocycles. The number of aromatic hydroxyl groups is 2. The molecule has 33 heavy (non-hydrogen) atoms. The summed E-state index contributed by atoms with van der Waals surface area (Å²) in [6.07, 6.45) is 0.325. The van der Waals surface area contributed by atoms with Crippen LogP contribution in [0.4, 0.5) is 0 Å². The summed E-state index contributed by atoms with van der Waals surface area (Å²) in [6.45, 7) is 0.457. The number of ether oxygens (including phenoxy) is 2. The van der Waals surface area contributed by atoms with E-state index in [1.165, 1.54) is 0 Å². The second kappa shape index (κ2) is 6.99. The summed E-state index contributed by atoms with van der Waals surface area (Å²) in [5, 5.41) is 20.2. The van der Waals surface area contributed by atoms with Gasteiger partial charge in [-0.3, -0.25) is 14.6 Å². The van der Waals surface area contributed by atoms with Crippen LogP contribution in [0.15, 0.2) is 48.5 Å². The molecule has 164 valence electrons. The minimum atomic E-state index is -0.618. The molecule has 6 rings (SSSR count). The molecule has 0 saturated heterocycles. The van der Waals surface area contributed by atoms with E-state index in [1.807, 2.05) is 42.5 Å². The highest BCUT2D eigenvalue weighted by Crippen LogP contribution is 2.39. The highest BCUT2D eigenvalue weighted by atomic mass is 16.7. The third kappa shape index (κ3) is 2.89. The Kier molecular flexibility index (Phi) is 4.06. The SMILES string of the molecule is O=C1c2nc(Cc3ccc4c(c3)OCO4)n(Cc3ccccc3)c2C(=O)c2c(O)[nH]c(O)c21.